The minimum Gasteiger partial charge on any atom is -0.493 e. The van der Waals surface area contributed by atoms with Gasteiger partial charge in [0.1, 0.15) is 0 Å². The number of ether oxygens (including phenoxy) is 2. The molecular formula is C17H26N2O4. The van der Waals surface area contributed by atoms with Crippen molar-refractivity contribution in [1.82, 2.24) is 10.9 Å². The van der Waals surface area contributed by atoms with Crippen LogP contribution in [0.25, 0.3) is 0 Å². The van der Waals surface area contributed by atoms with Crippen molar-refractivity contribution >= 4 is 11.8 Å². The first-order chi connectivity index (χ1) is 11.0. The maximum atomic E-state index is 12.1. The fourth-order valence-corrected chi connectivity index (χ4v) is 1.75. The Morgan fingerprint density at radius 3 is 2.52 bits per heavy atom. The van der Waals surface area contributed by atoms with E-state index in [9.17, 15) is 9.59 Å². The maximum absolute atomic E-state index is 12.1. The molecule has 0 bridgehead atoms. The van der Waals surface area contributed by atoms with Crippen molar-refractivity contribution in [2.45, 2.75) is 40.0 Å². The monoisotopic (exact) mass is 322 g/mol. The lowest BCUT2D eigenvalue weighted by Gasteiger charge is -2.13. The molecule has 1 aromatic carbocycles. The largest absolute Gasteiger partial charge is 0.493 e. The van der Waals surface area contributed by atoms with Gasteiger partial charge in [0.2, 0.25) is 5.91 Å². The number of hydrazine groups is 1. The SMILES string of the molecule is CCCCOc1ccc(C(=O)NNC(=O)C(C)CC)cc1OC. The molecule has 0 aliphatic carbocycles. The molecule has 2 N–H and O–H groups in total. The minimum atomic E-state index is -0.403. The summed E-state index contributed by atoms with van der Waals surface area (Å²) in [5.41, 5.74) is 5.20. The van der Waals surface area contributed by atoms with Crippen molar-refractivity contribution in [1.29, 1.82) is 0 Å². The van der Waals surface area contributed by atoms with Crippen molar-refractivity contribution in [2.24, 2.45) is 5.92 Å². The van der Waals surface area contributed by atoms with Crippen molar-refractivity contribution in [3.8, 4) is 11.5 Å². The van der Waals surface area contributed by atoms with E-state index in [1.54, 1.807) is 25.1 Å². The molecule has 1 unspecified atom stereocenters. The smallest absolute Gasteiger partial charge is 0.269 e. The molecule has 0 aliphatic rings. The summed E-state index contributed by atoms with van der Waals surface area (Å²) < 4.78 is 10.9. The Hall–Kier alpha value is -2.24. The number of carbonyl (C=O) groups excluding carboxylic acids is 2. The van der Waals surface area contributed by atoms with Gasteiger partial charge in [0.15, 0.2) is 11.5 Å². The summed E-state index contributed by atoms with van der Waals surface area (Å²) in [6.45, 7) is 6.40. The normalized spacial score (nSPS) is 11.5. The summed E-state index contributed by atoms with van der Waals surface area (Å²) in [4.78, 5) is 23.7. The molecule has 0 radical (unpaired) electrons. The van der Waals surface area contributed by atoms with E-state index in [1.165, 1.54) is 7.11 Å². The van der Waals surface area contributed by atoms with E-state index in [2.05, 4.69) is 17.8 Å². The van der Waals surface area contributed by atoms with Gasteiger partial charge >= 0.3 is 0 Å². The first-order valence-corrected chi connectivity index (χ1v) is 7.94. The highest BCUT2D eigenvalue weighted by Crippen LogP contribution is 2.28. The van der Waals surface area contributed by atoms with Crippen LogP contribution in [0.15, 0.2) is 18.2 Å². The molecule has 1 rings (SSSR count). The molecule has 0 aliphatic heterocycles. The lowest BCUT2D eigenvalue weighted by molar-refractivity contribution is -0.125. The zero-order chi connectivity index (χ0) is 17.2. The first kappa shape index (κ1) is 18.8. The predicted molar refractivity (Wildman–Crippen MR) is 88.5 cm³/mol. The first-order valence-electron chi connectivity index (χ1n) is 7.94. The third-order valence-electron chi connectivity index (χ3n) is 3.54. The third kappa shape index (κ3) is 5.81. The molecule has 0 aromatic heterocycles. The van der Waals surface area contributed by atoms with E-state index in [0.717, 1.165) is 12.8 Å². The van der Waals surface area contributed by atoms with Gasteiger partial charge in [0.25, 0.3) is 5.91 Å². The van der Waals surface area contributed by atoms with Gasteiger partial charge in [-0.05, 0) is 31.0 Å². The maximum Gasteiger partial charge on any atom is 0.269 e. The van der Waals surface area contributed by atoms with Crippen LogP contribution in [0.1, 0.15) is 50.4 Å². The Balaban J connectivity index is 2.69. The molecule has 1 aromatic rings. The van der Waals surface area contributed by atoms with Gasteiger partial charge in [-0.25, -0.2) is 0 Å². The summed E-state index contributed by atoms with van der Waals surface area (Å²) >= 11 is 0. The summed E-state index contributed by atoms with van der Waals surface area (Å²) in [7, 11) is 1.52. The fraction of sp³-hybridized carbons (Fsp3) is 0.529. The summed E-state index contributed by atoms with van der Waals surface area (Å²) in [6, 6.07) is 4.92. The molecule has 6 nitrogen and oxygen atoms in total. The second kappa shape index (κ2) is 9.71. The van der Waals surface area contributed by atoms with Crippen LogP contribution >= 0.6 is 0 Å². The molecule has 0 spiro atoms. The number of nitrogens with one attached hydrogen (secondary N) is 2. The Labute approximate surface area is 137 Å². The molecule has 128 valence electrons. The van der Waals surface area contributed by atoms with Gasteiger partial charge in [-0.3, -0.25) is 20.4 Å². The van der Waals surface area contributed by atoms with Crippen molar-refractivity contribution in [2.75, 3.05) is 13.7 Å². The number of carbonyl (C=O) groups is 2. The van der Waals surface area contributed by atoms with E-state index in [4.69, 9.17) is 9.47 Å². The average Bonchev–Trinajstić information content (AvgIpc) is 2.58. The van der Waals surface area contributed by atoms with E-state index in [0.29, 0.717) is 30.1 Å². The number of hydrogen-bond acceptors (Lipinski definition) is 4. The Morgan fingerprint density at radius 1 is 1.17 bits per heavy atom. The number of amides is 2. The van der Waals surface area contributed by atoms with Crippen LogP contribution in [0.2, 0.25) is 0 Å². The van der Waals surface area contributed by atoms with Crippen LogP contribution in [0, 0.1) is 5.92 Å². The van der Waals surface area contributed by atoms with E-state index in [-0.39, 0.29) is 11.8 Å². The zero-order valence-electron chi connectivity index (χ0n) is 14.3. The number of unbranched alkanes of at least 4 members (excludes halogenated alkanes) is 1. The van der Waals surface area contributed by atoms with Crippen molar-refractivity contribution in [3.63, 3.8) is 0 Å². The van der Waals surface area contributed by atoms with Gasteiger partial charge in [0.05, 0.1) is 13.7 Å². The molecule has 0 saturated heterocycles. The van der Waals surface area contributed by atoms with Crippen LogP contribution in [-0.2, 0) is 4.79 Å². The van der Waals surface area contributed by atoms with Gasteiger partial charge in [-0.1, -0.05) is 27.2 Å². The molecule has 6 heteroatoms. The number of rotatable bonds is 8. The Bertz CT molecular complexity index is 531. The van der Waals surface area contributed by atoms with Gasteiger partial charge in [-0.15, -0.1) is 0 Å². The van der Waals surface area contributed by atoms with Crippen LogP contribution < -0.4 is 20.3 Å². The van der Waals surface area contributed by atoms with Crippen LogP contribution in [0.5, 0.6) is 11.5 Å². The minimum absolute atomic E-state index is 0.154. The van der Waals surface area contributed by atoms with Crippen LogP contribution in [0.4, 0.5) is 0 Å². The zero-order valence-corrected chi connectivity index (χ0v) is 14.3. The van der Waals surface area contributed by atoms with Crippen molar-refractivity contribution in [3.05, 3.63) is 23.8 Å². The molecular weight excluding hydrogens is 296 g/mol. The highest BCUT2D eigenvalue weighted by molar-refractivity contribution is 5.96. The fourth-order valence-electron chi connectivity index (χ4n) is 1.75. The van der Waals surface area contributed by atoms with Gasteiger partial charge < -0.3 is 9.47 Å². The predicted octanol–water partition coefficient (Wildman–Crippen LogP) is 2.68. The van der Waals surface area contributed by atoms with E-state index >= 15 is 0 Å². The van der Waals surface area contributed by atoms with Gasteiger partial charge in [0, 0.05) is 11.5 Å². The average molecular weight is 322 g/mol. The molecule has 2 amide bonds. The van der Waals surface area contributed by atoms with E-state index in [1.807, 2.05) is 6.92 Å². The lowest BCUT2D eigenvalue weighted by Crippen LogP contribution is -2.43. The highest BCUT2D eigenvalue weighted by Gasteiger charge is 2.14. The topological polar surface area (TPSA) is 76.7 Å². The molecule has 23 heavy (non-hydrogen) atoms. The summed E-state index contributed by atoms with van der Waals surface area (Å²) in [5.74, 6) is 0.315. The standard InChI is InChI=1S/C17H26N2O4/c1-5-7-10-23-14-9-8-13(11-15(14)22-4)17(21)19-18-16(20)12(3)6-2/h8-9,11-12H,5-7,10H2,1-4H3,(H,18,20)(H,19,21). The quantitative estimate of drug-likeness (QED) is 0.570. The van der Waals surface area contributed by atoms with Gasteiger partial charge in [-0.2, -0.15) is 0 Å². The van der Waals surface area contributed by atoms with Crippen LogP contribution in [-0.4, -0.2) is 25.5 Å². The third-order valence-corrected chi connectivity index (χ3v) is 3.54. The molecule has 0 heterocycles. The van der Waals surface area contributed by atoms with E-state index < -0.39 is 5.91 Å². The number of hydrogen-bond donors (Lipinski definition) is 2. The summed E-state index contributed by atoms with van der Waals surface area (Å²) in [6.07, 6.45) is 2.70. The highest BCUT2D eigenvalue weighted by atomic mass is 16.5. The number of benzene rings is 1. The van der Waals surface area contributed by atoms with Crippen LogP contribution in [0.3, 0.4) is 0 Å². The van der Waals surface area contributed by atoms with Crippen molar-refractivity contribution < 1.29 is 19.1 Å². The molecule has 0 fully saturated rings. The molecule has 1 atom stereocenters. The Kier molecular flexibility index (Phi) is 7.94. The second-order valence-corrected chi connectivity index (χ2v) is 5.32. The summed E-state index contributed by atoms with van der Waals surface area (Å²) in [5, 5.41) is 0. The number of methoxy groups -OCH3 is 1. The lowest BCUT2D eigenvalue weighted by atomic mass is 10.1. The molecule has 0 saturated carbocycles. The second-order valence-electron chi connectivity index (χ2n) is 5.32. The Morgan fingerprint density at radius 2 is 1.91 bits per heavy atom.